The molecule has 0 unspecified atom stereocenters. The summed E-state index contributed by atoms with van der Waals surface area (Å²) < 4.78 is 16.1. The molecule has 1 aliphatic rings. The number of thioether (sulfide) groups is 1. The molecule has 1 aromatic carbocycles. The van der Waals surface area contributed by atoms with Gasteiger partial charge in [-0.05, 0) is 41.5 Å². The van der Waals surface area contributed by atoms with E-state index in [-0.39, 0.29) is 18.4 Å². The molecule has 0 saturated heterocycles. The van der Waals surface area contributed by atoms with Crippen molar-refractivity contribution in [3.8, 4) is 11.5 Å². The van der Waals surface area contributed by atoms with Crippen LogP contribution in [0.25, 0.3) is 5.57 Å². The quantitative estimate of drug-likeness (QED) is 0.495. The molecule has 31 heavy (non-hydrogen) atoms. The topological polar surface area (TPSA) is 81.9 Å². The van der Waals surface area contributed by atoms with Crippen molar-refractivity contribution in [1.82, 2.24) is 9.88 Å². The van der Waals surface area contributed by atoms with Crippen LogP contribution in [0.5, 0.6) is 11.5 Å². The van der Waals surface area contributed by atoms with Crippen LogP contribution in [0.3, 0.4) is 0 Å². The van der Waals surface area contributed by atoms with Crippen molar-refractivity contribution in [3.05, 3.63) is 82.9 Å². The Morgan fingerprint density at radius 1 is 1.03 bits per heavy atom. The molecule has 0 radical (unpaired) electrons. The summed E-state index contributed by atoms with van der Waals surface area (Å²) >= 11 is 1.28. The van der Waals surface area contributed by atoms with Crippen LogP contribution in [0.15, 0.2) is 70.4 Å². The third kappa shape index (κ3) is 4.20. The second-order valence-electron chi connectivity index (χ2n) is 6.70. The standard InChI is InChI=1S/C23H20N2O5S/c1-28-18-8-7-16(11-19(18)29-2)20-21(31-14-17-6-4-10-30-17)23(27)25(22(20)26)13-15-5-3-9-24-12-15/h3-12H,13-14H2,1-2H3. The number of amides is 2. The van der Waals surface area contributed by atoms with E-state index in [9.17, 15) is 9.59 Å². The van der Waals surface area contributed by atoms with Gasteiger partial charge in [-0.15, -0.1) is 11.8 Å². The van der Waals surface area contributed by atoms with E-state index in [0.29, 0.717) is 33.3 Å². The van der Waals surface area contributed by atoms with Crippen LogP contribution in [-0.4, -0.2) is 35.9 Å². The van der Waals surface area contributed by atoms with Crippen molar-refractivity contribution >= 4 is 29.1 Å². The summed E-state index contributed by atoms with van der Waals surface area (Å²) in [5.74, 6) is 1.47. The van der Waals surface area contributed by atoms with E-state index in [1.165, 1.54) is 23.8 Å². The van der Waals surface area contributed by atoms with Crippen LogP contribution in [0.2, 0.25) is 0 Å². The molecule has 0 spiro atoms. The minimum atomic E-state index is -0.358. The van der Waals surface area contributed by atoms with Gasteiger partial charge < -0.3 is 13.9 Å². The molecule has 0 saturated carbocycles. The number of pyridine rings is 1. The Hall–Kier alpha value is -3.52. The zero-order valence-corrected chi connectivity index (χ0v) is 17.8. The maximum atomic E-state index is 13.4. The summed E-state index contributed by atoms with van der Waals surface area (Å²) in [5, 5.41) is 0. The summed E-state index contributed by atoms with van der Waals surface area (Å²) in [6.07, 6.45) is 4.87. The fraction of sp³-hybridized carbons (Fsp3) is 0.174. The lowest BCUT2D eigenvalue weighted by molar-refractivity contribution is -0.137. The fourth-order valence-corrected chi connectivity index (χ4v) is 4.32. The lowest BCUT2D eigenvalue weighted by atomic mass is 10.1. The molecule has 3 aromatic rings. The van der Waals surface area contributed by atoms with Crippen LogP contribution in [-0.2, 0) is 21.9 Å². The van der Waals surface area contributed by atoms with E-state index in [2.05, 4.69) is 4.98 Å². The Bertz CT molecular complexity index is 1130. The molecule has 2 aromatic heterocycles. The maximum Gasteiger partial charge on any atom is 0.268 e. The van der Waals surface area contributed by atoms with E-state index in [1.807, 2.05) is 12.1 Å². The lowest BCUT2D eigenvalue weighted by Crippen LogP contribution is -2.31. The first-order chi connectivity index (χ1) is 15.1. The number of ether oxygens (including phenoxy) is 2. The van der Waals surface area contributed by atoms with Gasteiger partial charge in [0.05, 0.1) is 43.3 Å². The van der Waals surface area contributed by atoms with Crippen LogP contribution in [0.4, 0.5) is 0 Å². The molecule has 7 nitrogen and oxygen atoms in total. The lowest BCUT2D eigenvalue weighted by Gasteiger charge is -2.15. The van der Waals surface area contributed by atoms with Crippen LogP contribution < -0.4 is 9.47 Å². The first-order valence-corrected chi connectivity index (χ1v) is 10.5. The van der Waals surface area contributed by atoms with Gasteiger partial charge >= 0.3 is 0 Å². The van der Waals surface area contributed by atoms with Gasteiger partial charge in [-0.25, -0.2) is 0 Å². The minimum Gasteiger partial charge on any atom is -0.493 e. The number of carbonyl (C=O) groups excluding carboxylic acids is 2. The molecule has 1 aliphatic heterocycles. The van der Waals surface area contributed by atoms with Crippen molar-refractivity contribution < 1.29 is 23.5 Å². The zero-order valence-electron chi connectivity index (χ0n) is 17.0. The molecule has 158 valence electrons. The van der Waals surface area contributed by atoms with Gasteiger partial charge in [0, 0.05) is 12.4 Å². The van der Waals surface area contributed by atoms with Crippen LogP contribution in [0, 0.1) is 0 Å². The Morgan fingerprint density at radius 3 is 2.55 bits per heavy atom. The first-order valence-electron chi connectivity index (χ1n) is 9.49. The van der Waals surface area contributed by atoms with E-state index in [1.54, 1.807) is 56.1 Å². The largest absolute Gasteiger partial charge is 0.493 e. The molecule has 4 rings (SSSR count). The number of methoxy groups -OCH3 is 2. The monoisotopic (exact) mass is 436 g/mol. The summed E-state index contributed by atoms with van der Waals surface area (Å²) in [5.41, 5.74) is 1.70. The summed E-state index contributed by atoms with van der Waals surface area (Å²) in [6, 6.07) is 12.4. The van der Waals surface area contributed by atoms with Crippen LogP contribution in [0.1, 0.15) is 16.9 Å². The number of carbonyl (C=O) groups is 2. The SMILES string of the molecule is COc1ccc(C2=C(SCc3ccco3)C(=O)N(Cc3cccnc3)C2=O)cc1OC. The molecular formula is C23H20N2O5S. The van der Waals surface area contributed by atoms with Gasteiger partial charge in [0.2, 0.25) is 0 Å². The number of rotatable bonds is 8. The van der Waals surface area contributed by atoms with E-state index in [0.717, 1.165) is 11.3 Å². The maximum absolute atomic E-state index is 13.4. The molecule has 3 heterocycles. The first kappa shape index (κ1) is 20.7. The van der Waals surface area contributed by atoms with E-state index >= 15 is 0 Å². The molecular weight excluding hydrogens is 416 g/mol. The number of hydrogen-bond acceptors (Lipinski definition) is 7. The number of furan rings is 1. The van der Waals surface area contributed by atoms with Crippen molar-refractivity contribution in [2.75, 3.05) is 14.2 Å². The Balaban J connectivity index is 1.72. The second kappa shape index (κ2) is 9.09. The van der Waals surface area contributed by atoms with Gasteiger partial charge in [-0.2, -0.15) is 0 Å². The molecule has 8 heteroatoms. The second-order valence-corrected chi connectivity index (χ2v) is 7.69. The van der Waals surface area contributed by atoms with Crippen molar-refractivity contribution in [3.63, 3.8) is 0 Å². The van der Waals surface area contributed by atoms with Crippen molar-refractivity contribution in [2.45, 2.75) is 12.3 Å². The summed E-state index contributed by atoms with van der Waals surface area (Å²) in [6.45, 7) is 0.146. The van der Waals surface area contributed by atoms with Gasteiger partial charge in [0.25, 0.3) is 11.8 Å². The normalized spacial score (nSPS) is 13.8. The molecule has 0 N–H and O–H groups in total. The highest BCUT2D eigenvalue weighted by Crippen LogP contribution is 2.40. The highest BCUT2D eigenvalue weighted by atomic mass is 32.2. The summed E-state index contributed by atoms with van der Waals surface area (Å²) in [7, 11) is 3.07. The van der Waals surface area contributed by atoms with Crippen molar-refractivity contribution in [1.29, 1.82) is 0 Å². The third-order valence-corrected chi connectivity index (χ3v) is 5.90. The fourth-order valence-electron chi connectivity index (χ4n) is 3.29. The highest BCUT2D eigenvalue weighted by Gasteiger charge is 2.39. The molecule has 0 bridgehead atoms. The predicted octanol–water partition coefficient (Wildman–Crippen LogP) is 3.91. The minimum absolute atomic E-state index is 0.146. The zero-order chi connectivity index (χ0) is 21.8. The number of benzene rings is 1. The Kier molecular flexibility index (Phi) is 6.08. The number of aromatic nitrogens is 1. The van der Waals surface area contributed by atoms with Crippen molar-refractivity contribution in [2.24, 2.45) is 0 Å². The average molecular weight is 436 g/mol. The predicted molar refractivity (Wildman–Crippen MR) is 116 cm³/mol. The molecule has 0 fully saturated rings. The van der Waals surface area contributed by atoms with Crippen LogP contribution >= 0.6 is 11.8 Å². The highest BCUT2D eigenvalue weighted by molar-refractivity contribution is 8.03. The number of imide groups is 1. The third-order valence-electron chi connectivity index (χ3n) is 4.80. The molecule has 2 amide bonds. The average Bonchev–Trinajstić information content (AvgIpc) is 3.40. The number of hydrogen-bond donors (Lipinski definition) is 0. The van der Waals surface area contributed by atoms with Gasteiger partial charge in [-0.3, -0.25) is 19.5 Å². The van der Waals surface area contributed by atoms with Gasteiger partial charge in [-0.1, -0.05) is 12.1 Å². The van der Waals surface area contributed by atoms with Gasteiger partial charge in [0.15, 0.2) is 11.5 Å². The summed E-state index contributed by atoms with van der Waals surface area (Å²) in [4.78, 5) is 32.3. The van der Waals surface area contributed by atoms with Gasteiger partial charge in [0.1, 0.15) is 5.76 Å². The number of nitrogens with zero attached hydrogens (tertiary/aromatic N) is 2. The van der Waals surface area contributed by atoms with E-state index < -0.39 is 0 Å². The Morgan fingerprint density at radius 2 is 1.87 bits per heavy atom. The Labute approximate surface area is 183 Å². The smallest absolute Gasteiger partial charge is 0.268 e. The molecule has 0 atom stereocenters. The molecule has 0 aliphatic carbocycles. The van der Waals surface area contributed by atoms with E-state index in [4.69, 9.17) is 13.9 Å².